The van der Waals surface area contributed by atoms with Gasteiger partial charge in [0.05, 0.1) is 16.2 Å². The van der Waals surface area contributed by atoms with E-state index >= 15 is 0 Å². The molecule has 0 radical (unpaired) electrons. The number of anilines is 1. The van der Waals surface area contributed by atoms with Gasteiger partial charge in [-0.2, -0.15) is 0 Å². The lowest BCUT2D eigenvalue weighted by atomic mass is 10.1. The molecule has 1 heterocycles. The molecule has 0 bridgehead atoms. The van der Waals surface area contributed by atoms with E-state index in [-0.39, 0.29) is 11.5 Å². The summed E-state index contributed by atoms with van der Waals surface area (Å²) in [5, 5.41) is 4.18. The highest BCUT2D eigenvalue weighted by Gasteiger charge is 2.21. The van der Waals surface area contributed by atoms with Crippen LogP contribution in [0.15, 0.2) is 46.3 Å². The fraction of sp³-hybridized carbons (Fsp3) is 0.375. The molecular formula is C24H28ClN3O2S. The Morgan fingerprint density at radius 1 is 1.16 bits per heavy atom. The van der Waals surface area contributed by atoms with E-state index in [0.717, 1.165) is 23.2 Å². The molecule has 1 aromatic heterocycles. The van der Waals surface area contributed by atoms with E-state index in [1.807, 2.05) is 39.0 Å². The van der Waals surface area contributed by atoms with E-state index in [1.54, 1.807) is 22.8 Å². The number of fused-ring (bicyclic) bond motifs is 1. The lowest BCUT2D eigenvalue weighted by Crippen LogP contribution is -2.27. The molecule has 7 heteroatoms. The Labute approximate surface area is 192 Å². The van der Waals surface area contributed by atoms with Crippen LogP contribution in [0.25, 0.3) is 10.9 Å². The van der Waals surface area contributed by atoms with Crippen molar-refractivity contribution in [2.75, 3.05) is 5.32 Å². The van der Waals surface area contributed by atoms with Gasteiger partial charge in [0.1, 0.15) is 0 Å². The lowest BCUT2D eigenvalue weighted by Gasteiger charge is -2.18. The van der Waals surface area contributed by atoms with Gasteiger partial charge in [-0.1, -0.05) is 55.4 Å². The molecule has 0 aliphatic carbocycles. The lowest BCUT2D eigenvalue weighted by molar-refractivity contribution is -0.115. The first-order chi connectivity index (χ1) is 14.7. The predicted molar refractivity (Wildman–Crippen MR) is 130 cm³/mol. The summed E-state index contributed by atoms with van der Waals surface area (Å²) >= 11 is 7.41. The molecule has 1 amide bonds. The molecule has 0 saturated carbocycles. The van der Waals surface area contributed by atoms with Crippen molar-refractivity contribution in [3.8, 4) is 0 Å². The van der Waals surface area contributed by atoms with Gasteiger partial charge >= 0.3 is 0 Å². The van der Waals surface area contributed by atoms with Crippen molar-refractivity contribution in [1.29, 1.82) is 0 Å². The van der Waals surface area contributed by atoms with Gasteiger partial charge in [0, 0.05) is 17.3 Å². The number of benzene rings is 2. The second-order valence-corrected chi connectivity index (χ2v) is 9.96. The minimum absolute atomic E-state index is 0.104. The number of hydrogen-bond acceptors (Lipinski definition) is 4. The highest BCUT2D eigenvalue weighted by Crippen LogP contribution is 2.26. The molecule has 1 unspecified atom stereocenters. The van der Waals surface area contributed by atoms with Gasteiger partial charge in [-0.15, -0.1) is 0 Å². The monoisotopic (exact) mass is 457 g/mol. The molecule has 2 aromatic carbocycles. The molecule has 0 aliphatic rings. The van der Waals surface area contributed by atoms with Crippen LogP contribution in [0.1, 0.15) is 38.3 Å². The number of nitrogens with zero attached hydrogens (tertiary/aromatic N) is 2. The largest absolute Gasteiger partial charge is 0.325 e. The number of carbonyl (C=O) groups excluding carboxylic acids is 1. The third kappa shape index (κ3) is 5.49. The molecule has 0 fully saturated rings. The third-order valence-electron chi connectivity index (χ3n) is 5.19. The number of aryl methyl sites for hydroxylation is 2. The second-order valence-electron chi connectivity index (χ2n) is 8.21. The van der Waals surface area contributed by atoms with E-state index in [4.69, 9.17) is 16.6 Å². The number of hydrogen-bond donors (Lipinski definition) is 1. The highest BCUT2D eigenvalue weighted by molar-refractivity contribution is 8.00. The van der Waals surface area contributed by atoms with Crippen LogP contribution in [0.4, 0.5) is 5.69 Å². The molecule has 5 nitrogen and oxygen atoms in total. The molecule has 1 N–H and O–H groups in total. The van der Waals surface area contributed by atoms with E-state index in [0.29, 0.717) is 33.5 Å². The zero-order chi connectivity index (χ0) is 22.7. The highest BCUT2D eigenvalue weighted by atomic mass is 35.5. The number of rotatable bonds is 7. The Balaban J connectivity index is 1.93. The summed E-state index contributed by atoms with van der Waals surface area (Å²) < 4.78 is 1.68. The third-order valence-corrected chi connectivity index (χ3v) is 6.52. The Morgan fingerprint density at radius 2 is 1.84 bits per heavy atom. The van der Waals surface area contributed by atoms with Crippen molar-refractivity contribution in [3.63, 3.8) is 0 Å². The van der Waals surface area contributed by atoms with Gasteiger partial charge in [-0.3, -0.25) is 14.2 Å². The van der Waals surface area contributed by atoms with Crippen LogP contribution in [-0.4, -0.2) is 20.7 Å². The summed E-state index contributed by atoms with van der Waals surface area (Å²) in [6.07, 6.45) is 0.844. The quantitative estimate of drug-likeness (QED) is 0.358. The summed E-state index contributed by atoms with van der Waals surface area (Å²) in [4.78, 5) is 30.8. The van der Waals surface area contributed by atoms with Crippen LogP contribution >= 0.6 is 23.4 Å². The first-order valence-corrected chi connectivity index (χ1v) is 11.7. The van der Waals surface area contributed by atoms with Crippen LogP contribution in [0, 0.1) is 19.8 Å². The number of amides is 1. The first kappa shape index (κ1) is 23.4. The van der Waals surface area contributed by atoms with Crippen molar-refractivity contribution in [3.05, 3.63) is 62.9 Å². The number of halogens is 1. The van der Waals surface area contributed by atoms with Gasteiger partial charge in [0.25, 0.3) is 5.56 Å². The topological polar surface area (TPSA) is 64.0 Å². The Hall–Kier alpha value is -2.31. The van der Waals surface area contributed by atoms with Gasteiger partial charge in [0.2, 0.25) is 5.91 Å². The van der Waals surface area contributed by atoms with Crippen molar-refractivity contribution < 1.29 is 4.79 Å². The normalized spacial score (nSPS) is 12.4. The van der Waals surface area contributed by atoms with Crippen molar-refractivity contribution >= 4 is 45.9 Å². The molecular weight excluding hydrogens is 430 g/mol. The van der Waals surface area contributed by atoms with Crippen LogP contribution in [-0.2, 0) is 11.3 Å². The number of nitrogens with one attached hydrogen (secondary N) is 1. The van der Waals surface area contributed by atoms with Crippen LogP contribution in [0.3, 0.4) is 0 Å². The Bertz CT molecular complexity index is 1150. The zero-order valence-corrected chi connectivity index (χ0v) is 20.1. The molecule has 0 spiro atoms. The van der Waals surface area contributed by atoms with Crippen molar-refractivity contribution in [2.24, 2.45) is 5.92 Å². The van der Waals surface area contributed by atoms with Crippen LogP contribution < -0.4 is 10.9 Å². The SMILES string of the molecule is Cc1cccc(C)c1NC(=O)C(C)Sc1nc2cc(Cl)ccc2c(=O)n1CCC(C)C. The smallest absolute Gasteiger partial charge is 0.262 e. The number of thioether (sulfide) groups is 1. The average Bonchev–Trinajstić information content (AvgIpc) is 2.70. The Morgan fingerprint density at radius 3 is 2.48 bits per heavy atom. The average molecular weight is 458 g/mol. The Kier molecular flexibility index (Phi) is 7.44. The molecule has 3 rings (SSSR count). The first-order valence-electron chi connectivity index (χ1n) is 10.4. The minimum atomic E-state index is -0.437. The van der Waals surface area contributed by atoms with E-state index in [9.17, 15) is 9.59 Å². The molecule has 0 saturated heterocycles. The standard InChI is InChI=1S/C24H28ClN3O2S/c1-14(2)11-12-28-23(30)19-10-9-18(25)13-20(19)26-24(28)31-17(5)22(29)27-21-15(3)7-6-8-16(21)4/h6-10,13-14,17H,11-12H2,1-5H3,(H,27,29). The molecule has 0 aliphatic heterocycles. The molecule has 1 atom stereocenters. The summed E-state index contributed by atoms with van der Waals surface area (Å²) in [6, 6.07) is 11.0. The van der Waals surface area contributed by atoms with E-state index < -0.39 is 5.25 Å². The maximum atomic E-state index is 13.2. The second kappa shape index (κ2) is 9.88. The van der Waals surface area contributed by atoms with Gasteiger partial charge in [-0.05, 0) is 62.4 Å². The fourth-order valence-electron chi connectivity index (χ4n) is 3.30. The van der Waals surface area contributed by atoms with Crippen LogP contribution in [0.5, 0.6) is 0 Å². The molecule has 164 valence electrons. The molecule has 31 heavy (non-hydrogen) atoms. The van der Waals surface area contributed by atoms with Crippen LogP contribution in [0.2, 0.25) is 5.02 Å². The number of aromatic nitrogens is 2. The summed E-state index contributed by atoms with van der Waals surface area (Å²) in [5.74, 6) is 0.314. The van der Waals surface area contributed by atoms with Crippen molar-refractivity contribution in [2.45, 2.75) is 58.0 Å². The molecule has 3 aromatic rings. The maximum Gasteiger partial charge on any atom is 0.262 e. The summed E-state index contributed by atoms with van der Waals surface area (Å²) in [7, 11) is 0. The van der Waals surface area contributed by atoms with Gasteiger partial charge in [0.15, 0.2) is 5.16 Å². The minimum Gasteiger partial charge on any atom is -0.325 e. The van der Waals surface area contributed by atoms with Crippen molar-refractivity contribution in [1.82, 2.24) is 9.55 Å². The number of para-hydroxylation sites is 1. The fourth-order valence-corrected chi connectivity index (χ4v) is 4.40. The summed E-state index contributed by atoms with van der Waals surface area (Å²) in [6.45, 7) is 10.6. The predicted octanol–water partition coefficient (Wildman–Crippen LogP) is 5.83. The summed E-state index contributed by atoms with van der Waals surface area (Å²) in [5.41, 5.74) is 3.29. The van der Waals surface area contributed by atoms with Gasteiger partial charge in [-0.25, -0.2) is 4.98 Å². The van der Waals surface area contributed by atoms with Gasteiger partial charge < -0.3 is 5.32 Å². The van der Waals surface area contributed by atoms with E-state index in [1.165, 1.54) is 11.8 Å². The number of carbonyl (C=O) groups is 1. The zero-order valence-electron chi connectivity index (χ0n) is 18.5. The maximum absolute atomic E-state index is 13.2. The van der Waals surface area contributed by atoms with E-state index in [2.05, 4.69) is 19.2 Å².